The van der Waals surface area contributed by atoms with E-state index in [1.165, 1.54) is 12.1 Å². The number of esters is 1. The molecule has 0 aliphatic rings. The fourth-order valence-electron chi connectivity index (χ4n) is 1.33. The van der Waals surface area contributed by atoms with Gasteiger partial charge in [0, 0.05) is 6.42 Å². The van der Waals surface area contributed by atoms with Crippen LogP contribution in [0.25, 0.3) is 0 Å². The largest absolute Gasteiger partial charge is 0.466 e. The number of hydrogen-bond donors (Lipinski definition) is 1. The summed E-state index contributed by atoms with van der Waals surface area (Å²) in [5.41, 5.74) is 0.866. The molecular formula is C11H15NO4S. The predicted molar refractivity (Wildman–Crippen MR) is 62.8 cm³/mol. The minimum atomic E-state index is -3.65. The highest BCUT2D eigenvalue weighted by molar-refractivity contribution is 7.89. The molecule has 0 spiro atoms. The van der Waals surface area contributed by atoms with Gasteiger partial charge in [-0.15, -0.1) is 0 Å². The molecule has 5 nitrogen and oxygen atoms in total. The number of primary sulfonamides is 1. The van der Waals surface area contributed by atoms with Crippen LogP contribution in [0.5, 0.6) is 0 Å². The summed E-state index contributed by atoms with van der Waals surface area (Å²) in [4.78, 5) is 11.2. The van der Waals surface area contributed by atoms with Crippen LogP contribution in [0.3, 0.4) is 0 Å². The molecule has 0 heterocycles. The molecule has 0 bridgehead atoms. The average Bonchev–Trinajstić information content (AvgIpc) is 2.26. The molecule has 0 fully saturated rings. The van der Waals surface area contributed by atoms with Gasteiger partial charge in [0.1, 0.15) is 0 Å². The van der Waals surface area contributed by atoms with Gasteiger partial charge in [-0.05, 0) is 31.0 Å². The Morgan fingerprint density at radius 2 is 1.88 bits per heavy atom. The van der Waals surface area contributed by atoms with Crippen LogP contribution in [-0.4, -0.2) is 21.0 Å². The van der Waals surface area contributed by atoms with Crippen molar-refractivity contribution in [3.8, 4) is 0 Å². The first-order valence-corrected chi connectivity index (χ1v) is 6.75. The maximum atomic E-state index is 11.1. The first-order valence-electron chi connectivity index (χ1n) is 5.21. The molecule has 1 rings (SSSR count). The monoisotopic (exact) mass is 257 g/mol. The van der Waals surface area contributed by atoms with Crippen molar-refractivity contribution in [1.82, 2.24) is 0 Å². The highest BCUT2D eigenvalue weighted by Crippen LogP contribution is 2.10. The number of sulfonamides is 1. The zero-order valence-corrected chi connectivity index (χ0v) is 10.4. The third-order valence-electron chi connectivity index (χ3n) is 2.18. The van der Waals surface area contributed by atoms with E-state index in [2.05, 4.69) is 0 Å². The molecule has 0 saturated heterocycles. The van der Waals surface area contributed by atoms with Crippen LogP contribution in [0.1, 0.15) is 18.9 Å². The molecule has 0 saturated carbocycles. The average molecular weight is 257 g/mol. The van der Waals surface area contributed by atoms with Crippen LogP contribution in [-0.2, 0) is 26.0 Å². The van der Waals surface area contributed by atoms with Gasteiger partial charge >= 0.3 is 5.97 Å². The number of hydrogen-bond acceptors (Lipinski definition) is 4. The van der Waals surface area contributed by atoms with Crippen molar-refractivity contribution in [2.45, 2.75) is 24.7 Å². The summed E-state index contributed by atoms with van der Waals surface area (Å²) in [6, 6.07) is 6.13. The Bertz CT molecular complexity index is 479. The Labute approximate surface area is 101 Å². The summed E-state index contributed by atoms with van der Waals surface area (Å²) >= 11 is 0. The van der Waals surface area contributed by atoms with Gasteiger partial charge in [0.2, 0.25) is 10.0 Å². The fourth-order valence-corrected chi connectivity index (χ4v) is 1.84. The zero-order chi connectivity index (χ0) is 12.9. The second-order valence-corrected chi connectivity index (χ2v) is 5.06. The van der Waals surface area contributed by atoms with E-state index in [4.69, 9.17) is 9.88 Å². The third kappa shape index (κ3) is 4.54. The van der Waals surface area contributed by atoms with Crippen LogP contribution in [0.4, 0.5) is 0 Å². The van der Waals surface area contributed by atoms with Crippen molar-refractivity contribution in [1.29, 1.82) is 0 Å². The molecule has 0 radical (unpaired) electrons. The van der Waals surface area contributed by atoms with E-state index in [1.807, 2.05) is 0 Å². The molecule has 0 unspecified atom stereocenters. The normalized spacial score (nSPS) is 11.2. The van der Waals surface area contributed by atoms with E-state index >= 15 is 0 Å². The van der Waals surface area contributed by atoms with Crippen molar-refractivity contribution >= 4 is 16.0 Å². The van der Waals surface area contributed by atoms with E-state index in [-0.39, 0.29) is 17.3 Å². The van der Waals surface area contributed by atoms with E-state index in [0.29, 0.717) is 13.0 Å². The van der Waals surface area contributed by atoms with Crippen LogP contribution >= 0.6 is 0 Å². The molecule has 2 N–H and O–H groups in total. The Morgan fingerprint density at radius 3 is 2.35 bits per heavy atom. The first kappa shape index (κ1) is 13.7. The summed E-state index contributed by atoms with van der Waals surface area (Å²) < 4.78 is 26.8. The van der Waals surface area contributed by atoms with Gasteiger partial charge in [0.25, 0.3) is 0 Å². The molecule has 0 amide bonds. The molecule has 0 aliphatic carbocycles. The van der Waals surface area contributed by atoms with Gasteiger partial charge in [-0.2, -0.15) is 0 Å². The Kier molecular flexibility index (Phi) is 4.65. The van der Waals surface area contributed by atoms with E-state index < -0.39 is 10.0 Å². The minimum absolute atomic E-state index is 0.0670. The topological polar surface area (TPSA) is 86.5 Å². The van der Waals surface area contributed by atoms with Crippen LogP contribution in [0.2, 0.25) is 0 Å². The number of aryl methyl sites for hydroxylation is 1. The van der Waals surface area contributed by atoms with E-state index in [1.54, 1.807) is 19.1 Å². The Hall–Kier alpha value is -1.40. The van der Waals surface area contributed by atoms with E-state index in [0.717, 1.165) is 5.56 Å². The summed E-state index contributed by atoms with van der Waals surface area (Å²) in [5.74, 6) is -0.261. The lowest BCUT2D eigenvalue weighted by atomic mass is 10.1. The summed E-state index contributed by atoms with van der Waals surface area (Å²) in [7, 11) is -3.65. The number of carbonyl (C=O) groups excluding carboxylic acids is 1. The van der Waals surface area contributed by atoms with Crippen molar-refractivity contribution in [3.05, 3.63) is 29.8 Å². The van der Waals surface area contributed by atoms with Gasteiger partial charge in [-0.25, -0.2) is 13.6 Å². The van der Waals surface area contributed by atoms with E-state index in [9.17, 15) is 13.2 Å². The predicted octanol–water partition coefficient (Wildman–Crippen LogP) is 0.830. The molecule has 6 heteroatoms. The summed E-state index contributed by atoms with van der Waals surface area (Å²) in [6.45, 7) is 2.11. The molecule has 0 atom stereocenters. The maximum absolute atomic E-state index is 11.1. The van der Waals surface area contributed by atoms with Crippen molar-refractivity contribution in [2.24, 2.45) is 5.14 Å². The first-order chi connectivity index (χ1) is 7.93. The second-order valence-electron chi connectivity index (χ2n) is 3.49. The molecule has 1 aromatic rings. The molecular weight excluding hydrogens is 242 g/mol. The van der Waals surface area contributed by atoms with Crippen molar-refractivity contribution in [3.63, 3.8) is 0 Å². The van der Waals surface area contributed by atoms with Crippen LogP contribution in [0.15, 0.2) is 29.2 Å². The number of nitrogens with two attached hydrogens (primary N) is 1. The number of benzene rings is 1. The van der Waals surface area contributed by atoms with Crippen molar-refractivity contribution < 1.29 is 17.9 Å². The smallest absolute Gasteiger partial charge is 0.306 e. The van der Waals surface area contributed by atoms with Crippen LogP contribution < -0.4 is 5.14 Å². The molecule has 0 aromatic heterocycles. The quantitative estimate of drug-likeness (QED) is 0.791. The van der Waals surface area contributed by atoms with Gasteiger partial charge in [-0.1, -0.05) is 12.1 Å². The maximum Gasteiger partial charge on any atom is 0.306 e. The Morgan fingerprint density at radius 1 is 1.29 bits per heavy atom. The highest BCUT2D eigenvalue weighted by atomic mass is 32.2. The zero-order valence-electron chi connectivity index (χ0n) is 9.55. The van der Waals surface area contributed by atoms with Gasteiger partial charge < -0.3 is 4.74 Å². The standard InChI is InChI=1S/C11H15NO4S/c1-2-16-11(13)8-5-9-3-6-10(7-4-9)17(12,14)15/h3-4,6-7H,2,5,8H2,1H3,(H2,12,14,15). The van der Waals surface area contributed by atoms with Crippen LogP contribution in [0, 0.1) is 0 Å². The molecule has 17 heavy (non-hydrogen) atoms. The van der Waals surface area contributed by atoms with Gasteiger partial charge in [0.05, 0.1) is 11.5 Å². The minimum Gasteiger partial charge on any atom is -0.466 e. The molecule has 94 valence electrons. The fraction of sp³-hybridized carbons (Fsp3) is 0.364. The van der Waals surface area contributed by atoms with Gasteiger partial charge in [0.15, 0.2) is 0 Å². The summed E-state index contributed by atoms with van der Waals surface area (Å²) in [5, 5.41) is 4.97. The highest BCUT2D eigenvalue weighted by Gasteiger charge is 2.07. The Balaban J connectivity index is 2.60. The number of carbonyl (C=O) groups is 1. The second kappa shape index (κ2) is 5.79. The molecule has 0 aliphatic heterocycles. The third-order valence-corrected chi connectivity index (χ3v) is 3.10. The lowest BCUT2D eigenvalue weighted by Gasteiger charge is -2.03. The SMILES string of the molecule is CCOC(=O)CCc1ccc(S(N)(=O)=O)cc1. The number of rotatable bonds is 5. The lowest BCUT2D eigenvalue weighted by Crippen LogP contribution is -2.12. The number of ether oxygens (including phenoxy) is 1. The van der Waals surface area contributed by atoms with Gasteiger partial charge in [-0.3, -0.25) is 4.79 Å². The van der Waals surface area contributed by atoms with Crippen molar-refractivity contribution in [2.75, 3.05) is 6.61 Å². The molecule has 1 aromatic carbocycles. The summed E-state index contributed by atoms with van der Waals surface area (Å²) in [6.07, 6.45) is 0.798. The lowest BCUT2D eigenvalue weighted by molar-refractivity contribution is -0.143.